The molecule has 0 unspecified atom stereocenters. The number of likely N-dealkylation sites (tertiary alicyclic amines) is 1. The number of hydrogen-bond acceptors (Lipinski definition) is 3. The van der Waals surface area contributed by atoms with E-state index in [9.17, 15) is 4.79 Å². The molecule has 1 aromatic carbocycles. The Labute approximate surface area is 145 Å². The molecule has 6 heteroatoms. The largest absolute Gasteiger partial charge is 0.335 e. The number of carbonyl (C=O) groups is 1. The first-order valence-corrected chi connectivity index (χ1v) is 9.08. The summed E-state index contributed by atoms with van der Waals surface area (Å²) in [6.45, 7) is 1.53. The van der Waals surface area contributed by atoms with Crippen molar-refractivity contribution in [2.45, 2.75) is 38.1 Å². The first-order valence-electron chi connectivity index (χ1n) is 9.08. The number of nitrogens with one attached hydrogen (secondary N) is 1. The maximum atomic E-state index is 13.0. The molecule has 2 aliphatic rings. The number of aromatic nitrogens is 4. The van der Waals surface area contributed by atoms with Gasteiger partial charge in [-0.3, -0.25) is 9.89 Å². The van der Waals surface area contributed by atoms with E-state index in [4.69, 9.17) is 0 Å². The summed E-state index contributed by atoms with van der Waals surface area (Å²) in [6, 6.07) is 8.46. The van der Waals surface area contributed by atoms with Gasteiger partial charge in [0.25, 0.3) is 5.91 Å². The minimum Gasteiger partial charge on any atom is -0.335 e. The second-order valence-corrected chi connectivity index (χ2v) is 7.07. The molecular formula is C19H21N5O. The van der Waals surface area contributed by atoms with Crippen molar-refractivity contribution in [2.75, 3.05) is 13.1 Å². The zero-order valence-corrected chi connectivity index (χ0v) is 14.1. The third-order valence-electron chi connectivity index (χ3n) is 5.57. The molecule has 3 heterocycles. The summed E-state index contributed by atoms with van der Waals surface area (Å²) >= 11 is 0. The number of piperidine rings is 1. The number of H-pyrrole nitrogens is 1. The molecule has 6 nitrogen and oxygen atoms in total. The van der Waals surface area contributed by atoms with Gasteiger partial charge in [0.2, 0.25) is 0 Å². The standard InChI is InChI=1S/C19H21N5O/c25-19(18-14-6-3-8-15(14)21-22-18)23-10-4-5-13(11-23)24-12-20-16-7-1-2-9-17(16)24/h1-2,7,9,12-13H,3-6,8,10-11H2,(H,21,22)/t13-/m1/s1. The topological polar surface area (TPSA) is 66.8 Å². The van der Waals surface area contributed by atoms with Crippen LogP contribution in [0.15, 0.2) is 30.6 Å². The second kappa shape index (κ2) is 5.72. The minimum absolute atomic E-state index is 0.0773. The summed E-state index contributed by atoms with van der Waals surface area (Å²) in [6.07, 6.45) is 7.09. The lowest BCUT2D eigenvalue weighted by atomic mass is 10.0. The van der Waals surface area contributed by atoms with Gasteiger partial charge in [-0.25, -0.2) is 4.98 Å². The van der Waals surface area contributed by atoms with Crippen LogP contribution in [-0.2, 0) is 12.8 Å². The lowest BCUT2D eigenvalue weighted by Gasteiger charge is -2.33. The second-order valence-electron chi connectivity index (χ2n) is 7.07. The SMILES string of the molecule is O=C(c1n[nH]c2c1CCC2)N1CCC[C@@H](n2cnc3ccccc32)C1. The Balaban J connectivity index is 1.41. The van der Waals surface area contributed by atoms with Crippen molar-refractivity contribution in [1.82, 2.24) is 24.6 Å². The molecule has 0 saturated carbocycles. The molecule has 5 rings (SSSR count). The average molecular weight is 335 g/mol. The van der Waals surface area contributed by atoms with E-state index in [1.165, 1.54) is 0 Å². The summed E-state index contributed by atoms with van der Waals surface area (Å²) in [5.74, 6) is 0.0773. The van der Waals surface area contributed by atoms with Crippen LogP contribution in [0, 0.1) is 0 Å². The maximum absolute atomic E-state index is 13.0. The van der Waals surface area contributed by atoms with Crippen LogP contribution in [0.25, 0.3) is 11.0 Å². The molecule has 1 saturated heterocycles. The van der Waals surface area contributed by atoms with Gasteiger partial charge in [-0.15, -0.1) is 0 Å². The Morgan fingerprint density at radius 1 is 1.20 bits per heavy atom. The van der Waals surface area contributed by atoms with Gasteiger partial charge in [0.05, 0.1) is 23.4 Å². The van der Waals surface area contributed by atoms with Crippen molar-refractivity contribution in [3.63, 3.8) is 0 Å². The number of aromatic amines is 1. The Kier molecular flexibility index (Phi) is 3.36. The molecule has 1 aliphatic carbocycles. The van der Waals surface area contributed by atoms with Crippen molar-refractivity contribution in [2.24, 2.45) is 0 Å². The molecule has 3 aromatic rings. The van der Waals surface area contributed by atoms with Gasteiger partial charge in [-0.1, -0.05) is 12.1 Å². The highest BCUT2D eigenvalue weighted by atomic mass is 16.2. The third-order valence-corrected chi connectivity index (χ3v) is 5.57. The highest BCUT2D eigenvalue weighted by Gasteiger charge is 2.30. The van der Waals surface area contributed by atoms with Crippen LogP contribution in [0.3, 0.4) is 0 Å². The molecular weight excluding hydrogens is 314 g/mol. The van der Waals surface area contributed by atoms with E-state index in [1.54, 1.807) is 0 Å². The Morgan fingerprint density at radius 3 is 3.08 bits per heavy atom. The third kappa shape index (κ3) is 2.35. The molecule has 2 aromatic heterocycles. The fourth-order valence-electron chi connectivity index (χ4n) is 4.28. The average Bonchev–Trinajstić information content (AvgIpc) is 3.36. The minimum atomic E-state index is 0.0773. The lowest BCUT2D eigenvalue weighted by molar-refractivity contribution is 0.0674. The fourth-order valence-corrected chi connectivity index (χ4v) is 4.28. The van der Waals surface area contributed by atoms with Crippen molar-refractivity contribution in [3.8, 4) is 0 Å². The zero-order chi connectivity index (χ0) is 16.8. The Hall–Kier alpha value is -2.63. The molecule has 1 atom stereocenters. The van der Waals surface area contributed by atoms with Gasteiger partial charge < -0.3 is 9.47 Å². The molecule has 1 aliphatic heterocycles. The first kappa shape index (κ1) is 14.7. The van der Waals surface area contributed by atoms with E-state index in [2.05, 4.69) is 25.8 Å². The van der Waals surface area contributed by atoms with Crippen molar-refractivity contribution >= 4 is 16.9 Å². The summed E-state index contributed by atoms with van der Waals surface area (Å²) in [5, 5.41) is 7.37. The van der Waals surface area contributed by atoms with Gasteiger partial charge in [0.15, 0.2) is 5.69 Å². The molecule has 1 fully saturated rings. The molecule has 0 radical (unpaired) electrons. The number of para-hydroxylation sites is 2. The number of nitrogens with zero attached hydrogens (tertiary/aromatic N) is 4. The quantitative estimate of drug-likeness (QED) is 0.783. The first-order chi connectivity index (χ1) is 12.3. The summed E-state index contributed by atoms with van der Waals surface area (Å²) in [7, 11) is 0. The van der Waals surface area contributed by atoms with Gasteiger partial charge in [0, 0.05) is 24.3 Å². The normalized spacial score (nSPS) is 20.2. The van der Waals surface area contributed by atoms with Crippen molar-refractivity contribution in [3.05, 3.63) is 47.5 Å². The van der Waals surface area contributed by atoms with Crippen LogP contribution >= 0.6 is 0 Å². The summed E-state index contributed by atoms with van der Waals surface area (Å²) in [5.41, 5.74) is 5.08. The van der Waals surface area contributed by atoms with Crippen LogP contribution < -0.4 is 0 Å². The Morgan fingerprint density at radius 2 is 2.12 bits per heavy atom. The smallest absolute Gasteiger partial charge is 0.274 e. The van der Waals surface area contributed by atoms with Crippen molar-refractivity contribution in [1.29, 1.82) is 0 Å². The van der Waals surface area contributed by atoms with Gasteiger partial charge >= 0.3 is 0 Å². The van der Waals surface area contributed by atoms with Crippen LogP contribution in [0.4, 0.5) is 0 Å². The van der Waals surface area contributed by atoms with Gasteiger partial charge in [-0.05, 0) is 44.2 Å². The number of amides is 1. The molecule has 0 spiro atoms. The number of fused-ring (bicyclic) bond motifs is 2. The van der Waals surface area contributed by atoms with E-state index in [0.717, 1.165) is 67.5 Å². The number of aryl methyl sites for hydroxylation is 1. The number of hydrogen-bond donors (Lipinski definition) is 1. The van der Waals surface area contributed by atoms with Crippen LogP contribution in [0.1, 0.15) is 47.1 Å². The summed E-state index contributed by atoms with van der Waals surface area (Å²) in [4.78, 5) is 19.5. The van der Waals surface area contributed by atoms with E-state index < -0.39 is 0 Å². The fraction of sp³-hybridized carbons (Fsp3) is 0.421. The van der Waals surface area contributed by atoms with Gasteiger partial charge in [-0.2, -0.15) is 5.10 Å². The van der Waals surface area contributed by atoms with E-state index in [-0.39, 0.29) is 11.9 Å². The number of rotatable bonds is 2. The summed E-state index contributed by atoms with van der Waals surface area (Å²) < 4.78 is 2.23. The predicted octanol–water partition coefficient (Wildman–Crippen LogP) is 2.73. The lowest BCUT2D eigenvalue weighted by Crippen LogP contribution is -2.41. The molecule has 128 valence electrons. The highest BCUT2D eigenvalue weighted by Crippen LogP contribution is 2.28. The monoisotopic (exact) mass is 335 g/mol. The molecule has 25 heavy (non-hydrogen) atoms. The van der Waals surface area contributed by atoms with E-state index in [0.29, 0.717) is 5.69 Å². The number of imidazole rings is 1. The van der Waals surface area contributed by atoms with Crippen molar-refractivity contribution < 1.29 is 4.79 Å². The highest BCUT2D eigenvalue weighted by molar-refractivity contribution is 5.94. The zero-order valence-electron chi connectivity index (χ0n) is 14.1. The van der Waals surface area contributed by atoms with Crippen LogP contribution in [0.2, 0.25) is 0 Å². The molecule has 1 N–H and O–H groups in total. The van der Waals surface area contributed by atoms with Gasteiger partial charge in [0.1, 0.15) is 0 Å². The maximum Gasteiger partial charge on any atom is 0.274 e. The number of benzene rings is 1. The Bertz CT molecular complexity index is 940. The van der Waals surface area contributed by atoms with E-state index >= 15 is 0 Å². The van der Waals surface area contributed by atoms with E-state index in [1.807, 2.05) is 29.4 Å². The van der Waals surface area contributed by atoms with Crippen LogP contribution in [0.5, 0.6) is 0 Å². The van der Waals surface area contributed by atoms with Crippen LogP contribution in [-0.4, -0.2) is 43.6 Å². The predicted molar refractivity (Wildman–Crippen MR) is 94.5 cm³/mol. The molecule has 0 bridgehead atoms. The number of carbonyl (C=O) groups excluding carboxylic acids is 1. The molecule has 1 amide bonds.